The van der Waals surface area contributed by atoms with Crippen LogP contribution in [-0.4, -0.2) is 46.0 Å². The van der Waals surface area contributed by atoms with Crippen LogP contribution in [-0.2, 0) is 0 Å². The predicted molar refractivity (Wildman–Crippen MR) is 148 cm³/mol. The lowest BCUT2D eigenvalue weighted by Crippen LogP contribution is -1.90. The fourth-order valence-corrected chi connectivity index (χ4v) is 16.9. The van der Waals surface area contributed by atoms with Gasteiger partial charge in [-0.05, 0) is 17.9 Å². The number of hydrogen-bond acceptors (Lipinski definition) is 12. The van der Waals surface area contributed by atoms with Gasteiger partial charge in [0.25, 0.3) is 0 Å². The Balaban J connectivity index is 1.56. The maximum absolute atomic E-state index is 5.56. The van der Waals surface area contributed by atoms with Gasteiger partial charge in [-0.1, -0.05) is 65.8 Å². The molecule has 0 radical (unpaired) electrons. The van der Waals surface area contributed by atoms with Gasteiger partial charge in [0.1, 0.15) is 7.65 Å². The van der Waals surface area contributed by atoms with Gasteiger partial charge in [-0.3, -0.25) is 0 Å². The van der Waals surface area contributed by atoms with E-state index in [9.17, 15) is 0 Å². The molecule has 0 nitrogen and oxygen atoms in total. The first-order chi connectivity index (χ1) is 13.3. The van der Waals surface area contributed by atoms with Gasteiger partial charge >= 0.3 is 0 Å². The summed E-state index contributed by atoms with van der Waals surface area (Å²) in [5.74, 6) is 9.56. The molecular weight excluding hydrogens is 565 g/mol. The summed E-state index contributed by atoms with van der Waals surface area (Å²) in [6.45, 7) is 0. The Morgan fingerprint density at radius 2 is 0.963 bits per heavy atom. The molecule has 0 aromatic carbocycles. The maximum atomic E-state index is 5.56. The Hall–Kier alpha value is 2.64. The van der Waals surface area contributed by atoms with Crippen LogP contribution in [0.15, 0.2) is 18.2 Å². The summed E-state index contributed by atoms with van der Waals surface area (Å²) in [6.07, 6.45) is 1.26. The minimum Gasteiger partial charge on any atom is -0.161 e. The van der Waals surface area contributed by atoms with E-state index in [4.69, 9.17) is 24.4 Å². The van der Waals surface area contributed by atoms with E-state index < -0.39 is 0 Å². The van der Waals surface area contributed by atoms with E-state index in [0.717, 1.165) is 13.4 Å². The Kier molecular flexibility index (Phi) is 12.5. The molecule has 150 valence electrons. The molecule has 0 atom stereocenters. The molecule has 0 spiro atoms. The van der Waals surface area contributed by atoms with Gasteiger partial charge in [-0.25, -0.2) is 0 Å². The summed E-state index contributed by atoms with van der Waals surface area (Å²) < 4.78 is 5.09. The molecule has 0 saturated carbocycles. The molecule has 27 heavy (non-hydrogen) atoms. The van der Waals surface area contributed by atoms with Crippen LogP contribution in [0.2, 0.25) is 0 Å². The molecule has 3 heterocycles. The summed E-state index contributed by atoms with van der Waals surface area (Å²) in [5.41, 5.74) is 0. The number of fused-ring (bicyclic) bond motifs is 2. The molecule has 0 bridgehead atoms. The van der Waals surface area contributed by atoms with Crippen molar-refractivity contribution in [3.8, 4) is 0 Å². The van der Waals surface area contributed by atoms with Crippen molar-refractivity contribution in [3.05, 3.63) is 7.65 Å². The SMILES string of the molecule is S=c1ssc2c1SCCCSCCSc1ssc(=S)c1SCCSCCS2. The maximum Gasteiger partial charge on any atom is 0.116 e. The largest absolute Gasteiger partial charge is 0.161 e. The van der Waals surface area contributed by atoms with E-state index in [1.165, 1.54) is 64.9 Å². The van der Waals surface area contributed by atoms with E-state index >= 15 is 0 Å². The number of hydrogen-bond donors (Lipinski definition) is 0. The average Bonchev–Trinajstić information content (AvgIpc) is 3.19. The molecule has 0 aliphatic carbocycles. The van der Waals surface area contributed by atoms with Gasteiger partial charge in [-0.15, -0.1) is 47.0 Å². The molecule has 0 N–H and O–H groups in total. The van der Waals surface area contributed by atoms with Gasteiger partial charge < -0.3 is 0 Å². The highest BCUT2D eigenvalue weighted by atomic mass is 32.9. The zero-order valence-electron chi connectivity index (χ0n) is 14.3. The molecule has 3 rings (SSSR count). The van der Waals surface area contributed by atoms with Crippen molar-refractivity contribution in [3.63, 3.8) is 0 Å². The van der Waals surface area contributed by atoms with E-state index in [2.05, 4.69) is 23.5 Å². The molecular formula is C15H18S12. The highest BCUT2D eigenvalue weighted by molar-refractivity contribution is 8.08. The molecule has 1 aliphatic rings. The zero-order chi connectivity index (χ0) is 18.9. The first-order valence-corrected chi connectivity index (χ1v) is 19.6. The second kappa shape index (κ2) is 13.9. The van der Waals surface area contributed by atoms with Crippen LogP contribution in [0.5, 0.6) is 0 Å². The Labute approximate surface area is 212 Å². The normalized spacial score (nSPS) is 18.7. The monoisotopic (exact) mass is 582 g/mol. The Morgan fingerprint density at radius 1 is 0.481 bits per heavy atom. The van der Waals surface area contributed by atoms with Crippen LogP contribution in [0, 0.1) is 7.65 Å². The quantitative estimate of drug-likeness (QED) is 0.220. The average molecular weight is 583 g/mol. The smallest absolute Gasteiger partial charge is 0.116 e. The van der Waals surface area contributed by atoms with Crippen LogP contribution in [0.4, 0.5) is 0 Å². The van der Waals surface area contributed by atoms with Crippen molar-refractivity contribution in [2.24, 2.45) is 0 Å². The van der Waals surface area contributed by atoms with E-state index in [-0.39, 0.29) is 0 Å². The summed E-state index contributed by atoms with van der Waals surface area (Å²) in [7, 11) is 7.28. The van der Waals surface area contributed by atoms with Crippen LogP contribution in [0.25, 0.3) is 0 Å². The molecule has 1 aliphatic heterocycles. The molecule has 0 amide bonds. The van der Waals surface area contributed by atoms with Crippen LogP contribution in [0.3, 0.4) is 0 Å². The third-order valence-electron chi connectivity index (χ3n) is 3.20. The second-order valence-electron chi connectivity index (χ2n) is 5.11. The van der Waals surface area contributed by atoms with Gasteiger partial charge in [-0.2, -0.15) is 23.5 Å². The van der Waals surface area contributed by atoms with E-state index in [1.54, 1.807) is 20.7 Å². The van der Waals surface area contributed by atoms with Gasteiger partial charge in [0.15, 0.2) is 0 Å². The van der Waals surface area contributed by atoms with Crippen LogP contribution >= 0.6 is 136 Å². The topological polar surface area (TPSA) is 0 Å². The highest BCUT2D eigenvalue weighted by Crippen LogP contribution is 2.42. The van der Waals surface area contributed by atoms with Crippen molar-refractivity contribution in [1.29, 1.82) is 0 Å². The lowest BCUT2D eigenvalue weighted by atomic mass is 10.6. The van der Waals surface area contributed by atoms with E-state index in [1.807, 2.05) is 67.7 Å². The number of thioether (sulfide) groups is 6. The molecule has 0 fully saturated rings. The highest BCUT2D eigenvalue weighted by Gasteiger charge is 2.12. The molecule has 2 aromatic heterocycles. The summed E-state index contributed by atoms with van der Waals surface area (Å²) >= 11 is 23.2. The standard InChI is InChI=1S/C15H18S12/c16-12-10-14(26-24-12)23-9-6-19-4-7-21-11-13(17)25-27-15(11)22-8-5-18-2-1-3-20-10/h1-9H2. The van der Waals surface area contributed by atoms with Crippen LogP contribution in [0.1, 0.15) is 6.42 Å². The second-order valence-corrected chi connectivity index (χ2v) is 18.1. The zero-order valence-corrected chi connectivity index (χ0v) is 24.1. The third-order valence-corrected chi connectivity index (χ3v) is 18.6. The fraction of sp³-hybridized carbons (Fsp3) is 0.600. The summed E-state index contributed by atoms with van der Waals surface area (Å²) in [5, 5.41) is 0. The van der Waals surface area contributed by atoms with Crippen molar-refractivity contribution in [2.45, 2.75) is 24.6 Å². The van der Waals surface area contributed by atoms with Crippen molar-refractivity contribution >= 4 is 136 Å². The fourth-order valence-electron chi connectivity index (χ4n) is 2.01. The van der Waals surface area contributed by atoms with Gasteiger partial charge in [0.2, 0.25) is 0 Å². The molecule has 12 heteroatoms. The first-order valence-electron chi connectivity index (χ1n) is 8.18. The molecule has 2 aromatic rings. The lowest BCUT2D eigenvalue weighted by molar-refractivity contribution is 1.12. The van der Waals surface area contributed by atoms with Crippen molar-refractivity contribution < 1.29 is 0 Å². The Bertz CT molecular complexity index is 796. The van der Waals surface area contributed by atoms with Gasteiger partial charge in [0, 0.05) is 34.5 Å². The molecule has 0 unspecified atom stereocenters. The van der Waals surface area contributed by atoms with E-state index in [0.29, 0.717) is 0 Å². The lowest BCUT2D eigenvalue weighted by Gasteiger charge is -2.04. The third kappa shape index (κ3) is 8.25. The minimum atomic E-state index is 1.09. The number of rotatable bonds is 0. The van der Waals surface area contributed by atoms with Crippen molar-refractivity contribution in [2.75, 3.05) is 46.0 Å². The van der Waals surface area contributed by atoms with Gasteiger partial charge in [0.05, 0.1) is 18.2 Å². The molecule has 0 saturated heterocycles. The Morgan fingerprint density at radius 3 is 1.56 bits per heavy atom. The summed E-state index contributed by atoms with van der Waals surface area (Å²) in [6, 6.07) is 0. The first kappa shape index (κ1) is 24.3. The van der Waals surface area contributed by atoms with Crippen LogP contribution < -0.4 is 0 Å². The summed E-state index contributed by atoms with van der Waals surface area (Å²) in [4.78, 5) is 2.76. The predicted octanol–water partition coefficient (Wildman–Crippen LogP) is 9.33. The van der Waals surface area contributed by atoms with Crippen molar-refractivity contribution in [1.82, 2.24) is 0 Å². The minimum absolute atomic E-state index is 1.09.